The Kier molecular flexibility index (Phi) is 4.47. The highest BCUT2D eigenvalue weighted by atomic mass is 19.1. The third-order valence-corrected chi connectivity index (χ3v) is 3.01. The first kappa shape index (κ1) is 12.8. The molecule has 2 aromatic rings. The Hall–Kier alpha value is -1.68. The number of nitrogens with one attached hydrogen (secondary N) is 1. The smallest absolute Gasteiger partial charge is 0.127 e. The molecule has 2 rings (SSSR count). The first-order chi connectivity index (χ1) is 8.81. The average molecular weight is 247 g/mol. The molecule has 1 unspecified atom stereocenters. The van der Waals surface area contributed by atoms with Crippen molar-refractivity contribution in [2.45, 2.75) is 25.9 Å². The molecule has 0 saturated carbocycles. The zero-order valence-corrected chi connectivity index (χ0v) is 10.5. The summed E-state index contributed by atoms with van der Waals surface area (Å²) in [6, 6.07) is 7.01. The van der Waals surface area contributed by atoms with Crippen LogP contribution in [0.2, 0.25) is 0 Å². The van der Waals surface area contributed by atoms with Crippen LogP contribution in [0.3, 0.4) is 0 Å². The van der Waals surface area contributed by atoms with Gasteiger partial charge in [0.1, 0.15) is 5.82 Å². The van der Waals surface area contributed by atoms with Gasteiger partial charge in [-0.1, -0.05) is 25.1 Å². The highest BCUT2D eigenvalue weighted by Gasteiger charge is 2.12. The van der Waals surface area contributed by atoms with Gasteiger partial charge in [0.05, 0.1) is 6.33 Å². The van der Waals surface area contributed by atoms with Crippen LogP contribution in [0, 0.1) is 5.82 Å². The predicted molar refractivity (Wildman–Crippen MR) is 69.7 cm³/mol. The summed E-state index contributed by atoms with van der Waals surface area (Å²) in [5.41, 5.74) is 0.741. The van der Waals surface area contributed by atoms with E-state index in [1.807, 2.05) is 22.9 Å². The average Bonchev–Trinajstić information content (AvgIpc) is 2.89. The Morgan fingerprint density at radius 1 is 1.39 bits per heavy atom. The van der Waals surface area contributed by atoms with E-state index in [0.717, 1.165) is 25.1 Å². The van der Waals surface area contributed by atoms with Crippen molar-refractivity contribution >= 4 is 0 Å². The maximum absolute atomic E-state index is 13.7. The van der Waals surface area contributed by atoms with Crippen molar-refractivity contribution < 1.29 is 4.39 Å². The number of halogens is 1. The fraction of sp³-hybridized carbons (Fsp3) is 0.357. The van der Waals surface area contributed by atoms with E-state index in [0.29, 0.717) is 0 Å². The molecule has 3 nitrogen and oxygen atoms in total. The minimum atomic E-state index is -0.139. The molecule has 0 fully saturated rings. The summed E-state index contributed by atoms with van der Waals surface area (Å²) in [4.78, 5) is 3.99. The second-order valence-electron chi connectivity index (χ2n) is 4.24. The van der Waals surface area contributed by atoms with Crippen LogP contribution in [-0.2, 0) is 6.54 Å². The van der Waals surface area contributed by atoms with E-state index in [4.69, 9.17) is 0 Å². The van der Waals surface area contributed by atoms with Crippen molar-refractivity contribution in [3.05, 3.63) is 54.4 Å². The first-order valence-corrected chi connectivity index (χ1v) is 6.24. The quantitative estimate of drug-likeness (QED) is 0.850. The van der Waals surface area contributed by atoms with Gasteiger partial charge in [0.25, 0.3) is 0 Å². The third-order valence-electron chi connectivity index (χ3n) is 3.01. The van der Waals surface area contributed by atoms with Gasteiger partial charge in [-0.15, -0.1) is 0 Å². The molecule has 1 aromatic heterocycles. The van der Waals surface area contributed by atoms with Crippen LogP contribution < -0.4 is 5.32 Å². The number of imidazole rings is 1. The van der Waals surface area contributed by atoms with Crippen LogP contribution in [0.1, 0.15) is 24.9 Å². The lowest BCUT2D eigenvalue weighted by atomic mass is 10.0. The third kappa shape index (κ3) is 3.17. The van der Waals surface area contributed by atoms with Gasteiger partial charge in [-0.25, -0.2) is 9.37 Å². The molecule has 0 amide bonds. The molecule has 1 aromatic carbocycles. The molecule has 0 aliphatic heterocycles. The molecule has 0 bridgehead atoms. The SMILES string of the molecule is CCC(NCCn1ccnc1)c1ccccc1F. The molecule has 0 aliphatic rings. The van der Waals surface area contributed by atoms with Crippen molar-refractivity contribution in [1.82, 2.24) is 14.9 Å². The van der Waals surface area contributed by atoms with Crippen LogP contribution in [0.4, 0.5) is 4.39 Å². The van der Waals surface area contributed by atoms with Crippen molar-refractivity contribution in [3.63, 3.8) is 0 Å². The van der Waals surface area contributed by atoms with Crippen LogP contribution in [0.5, 0.6) is 0 Å². The monoisotopic (exact) mass is 247 g/mol. The second-order valence-corrected chi connectivity index (χ2v) is 4.24. The van der Waals surface area contributed by atoms with Gasteiger partial charge in [-0.2, -0.15) is 0 Å². The van der Waals surface area contributed by atoms with Gasteiger partial charge in [0.15, 0.2) is 0 Å². The maximum Gasteiger partial charge on any atom is 0.127 e. The summed E-state index contributed by atoms with van der Waals surface area (Å²) in [5, 5.41) is 3.38. The Morgan fingerprint density at radius 2 is 2.22 bits per heavy atom. The van der Waals surface area contributed by atoms with Gasteiger partial charge in [0, 0.05) is 37.1 Å². The van der Waals surface area contributed by atoms with E-state index in [1.165, 1.54) is 6.07 Å². The van der Waals surface area contributed by atoms with E-state index in [1.54, 1.807) is 18.6 Å². The van der Waals surface area contributed by atoms with Crippen molar-refractivity contribution in [2.24, 2.45) is 0 Å². The molecule has 96 valence electrons. The van der Waals surface area contributed by atoms with Crippen molar-refractivity contribution in [2.75, 3.05) is 6.54 Å². The first-order valence-electron chi connectivity index (χ1n) is 6.24. The van der Waals surface area contributed by atoms with E-state index in [-0.39, 0.29) is 11.9 Å². The molecule has 1 atom stereocenters. The molecule has 0 saturated heterocycles. The molecule has 18 heavy (non-hydrogen) atoms. The minimum Gasteiger partial charge on any atom is -0.336 e. The van der Waals surface area contributed by atoms with Gasteiger partial charge < -0.3 is 9.88 Å². The van der Waals surface area contributed by atoms with E-state index in [2.05, 4.69) is 17.2 Å². The predicted octanol–water partition coefficient (Wildman–Crippen LogP) is 2.76. The fourth-order valence-electron chi connectivity index (χ4n) is 2.02. The van der Waals surface area contributed by atoms with Gasteiger partial charge >= 0.3 is 0 Å². The topological polar surface area (TPSA) is 29.9 Å². The molecular weight excluding hydrogens is 229 g/mol. The van der Waals surface area contributed by atoms with Crippen molar-refractivity contribution in [3.8, 4) is 0 Å². The molecule has 0 radical (unpaired) electrons. The van der Waals surface area contributed by atoms with Crippen molar-refractivity contribution in [1.29, 1.82) is 0 Å². The number of nitrogens with zero attached hydrogens (tertiary/aromatic N) is 2. The molecule has 1 N–H and O–H groups in total. The van der Waals surface area contributed by atoms with Crippen LogP contribution >= 0.6 is 0 Å². The van der Waals surface area contributed by atoms with Crippen LogP contribution in [0.25, 0.3) is 0 Å². The number of rotatable bonds is 6. The largest absolute Gasteiger partial charge is 0.336 e. The summed E-state index contributed by atoms with van der Waals surface area (Å²) in [5.74, 6) is -0.139. The van der Waals surface area contributed by atoms with E-state index < -0.39 is 0 Å². The maximum atomic E-state index is 13.7. The Bertz CT molecular complexity index is 468. The Labute approximate surface area is 107 Å². The highest BCUT2D eigenvalue weighted by molar-refractivity contribution is 5.21. The summed E-state index contributed by atoms with van der Waals surface area (Å²) in [6.07, 6.45) is 6.33. The molecule has 1 heterocycles. The van der Waals surface area contributed by atoms with E-state index >= 15 is 0 Å². The zero-order valence-electron chi connectivity index (χ0n) is 10.5. The molecule has 4 heteroatoms. The molecule has 0 aliphatic carbocycles. The highest BCUT2D eigenvalue weighted by Crippen LogP contribution is 2.19. The summed E-state index contributed by atoms with van der Waals surface area (Å²) in [7, 11) is 0. The lowest BCUT2D eigenvalue weighted by Gasteiger charge is -2.18. The minimum absolute atomic E-state index is 0.0646. The molecule has 0 spiro atoms. The molecular formula is C14H18FN3. The number of benzene rings is 1. The van der Waals surface area contributed by atoms with Gasteiger partial charge in [-0.05, 0) is 12.5 Å². The normalized spacial score (nSPS) is 12.6. The number of hydrogen-bond donors (Lipinski definition) is 1. The standard InChI is InChI=1S/C14H18FN3/c1-2-14(12-5-3-4-6-13(12)15)17-8-10-18-9-7-16-11-18/h3-7,9,11,14,17H,2,8,10H2,1H3. The summed E-state index contributed by atoms with van der Waals surface area (Å²) >= 11 is 0. The summed E-state index contributed by atoms with van der Waals surface area (Å²) in [6.45, 7) is 3.69. The van der Waals surface area contributed by atoms with Crippen LogP contribution in [-0.4, -0.2) is 16.1 Å². The zero-order chi connectivity index (χ0) is 12.8. The Morgan fingerprint density at radius 3 is 2.89 bits per heavy atom. The Balaban J connectivity index is 1.91. The summed E-state index contributed by atoms with van der Waals surface area (Å²) < 4.78 is 15.7. The number of hydrogen-bond acceptors (Lipinski definition) is 2. The lowest BCUT2D eigenvalue weighted by molar-refractivity contribution is 0.470. The number of aromatic nitrogens is 2. The second kappa shape index (κ2) is 6.31. The van der Waals surface area contributed by atoms with Gasteiger partial charge in [0.2, 0.25) is 0 Å². The fourth-order valence-corrected chi connectivity index (χ4v) is 2.02. The van der Waals surface area contributed by atoms with E-state index in [9.17, 15) is 4.39 Å². The lowest BCUT2D eigenvalue weighted by Crippen LogP contribution is -2.25. The van der Waals surface area contributed by atoms with Gasteiger partial charge in [-0.3, -0.25) is 0 Å². The van der Waals surface area contributed by atoms with Crippen LogP contribution in [0.15, 0.2) is 43.0 Å².